The van der Waals surface area contributed by atoms with Gasteiger partial charge in [0.2, 0.25) is 0 Å². The van der Waals surface area contributed by atoms with E-state index in [-0.39, 0.29) is 4.75 Å². The predicted octanol–water partition coefficient (Wildman–Crippen LogP) is 3.79. The van der Waals surface area contributed by atoms with Crippen LogP contribution < -0.4 is 4.72 Å². The van der Waals surface area contributed by atoms with E-state index in [2.05, 4.69) is 25.5 Å². The quantitative estimate of drug-likeness (QED) is 0.821. The van der Waals surface area contributed by atoms with E-state index in [1.165, 1.54) is 51.4 Å². The van der Waals surface area contributed by atoms with E-state index in [9.17, 15) is 4.21 Å². The highest BCUT2D eigenvalue weighted by Gasteiger charge is 2.58. The molecule has 0 aromatic rings. The fourth-order valence-electron chi connectivity index (χ4n) is 5.00. The lowest BCUT2D eigenvalue weighted by Gasteiger charge is -2.47. The highest BCUT2D eigenvalue weighted by atomic mass is 32.2. The van der Waals surface area contributed by atoms with Crippen LogP contribution in [0.1, 0.15) is 72.1 Å². The molecule has 2 bridgehead atoms. The van der Waals surface area contributed by atoms with E-state index in [1.54, 1.807) is 0 Å². The largest absolute Gasteiger partial charge is 0.242 e. The van der Waals surface area contributed by atoms with Crippen LogP contribution in [0.25, 0.3) is 0 Å². The van der Waals surface area contributed by atoms with Crippen LogP contribution in [-0.4, -0.2) is 15.0 Å². The molecule has 19 heavy (non-hydrogen) atoms. The Balaban J connectivity index is 1.80. The van der Waals surface area contributed by atoms with Crippen LogP contribution in [0.3, 0.4) is 0 Å². The average molecular weight is 283 g/mol. The minimum Gasteiger partial charge on any atom is -0.242 e. The molecule has 0 aromatic heterocycles. The number of rotatable bonds is 2. The fraction of sp³-hybridized carbons (Fsp3) is 1.00. The van der Waals surface area contributed by atoms with Gasteiger partial charge in [0, 0.05) is 6.04 Å². The van der Waals surface area contributed by atoms with Gasteiger partial charge >= 0.3 is 0 Å². The maximum Gasteiger partial charge on any atom is 0.0973 e. The van der Waals surface area contributed by atoms with E-state index in [0.717, 1.165) is 11.8 Å². The van der Waals surface area contributed by atoms with Gasteiger partial charge in [0.15, 0.2) is 0 Å². The SMILES string of the molecule is CC(C)(C)S(=O)N[C@@H]1[C@@H]2CC[C@@H](C2)C12CCCCC2. The first-order valence-electron chi connectivity index (χ1n) is 8.11. The number of fused-ring (bicyclic) bond motifs is 3. The molecular formula is C16H29NOS. The summed E-state index contributed by atoms with van der Waals surface area (Å²) in [6, 6.07) is 0.534. The Kier molecular flexibility index (Phi) is 3.58. The maximum atomic E-state index is 12.5. The summed E-state index contributed by atoms with van der Waals surface area (Å²) in [6.07, 6.45) is 11.2. The second kappa shape index (κ2) is 4.84. The van der Waals surface area contributed by atoms with Gasteiger partial charge in [-0.15, -0.1) is 0 Å². The molecule has 3 fully saturated rings. The Morgan fingerprint density at radius 1 is 1.11 bits per heavy atom. The fourth-order valence-corrected chi connectivity index (χ4v) is 6.01. The Morgan fingerprint density at radius 2 is 1.79 bits per heavy atom. The Morgan fingerprint density at radius 3 is 2.42 bits per heavy atom. The summed E-state index contributed by atoms with van der Waals surface area (Å²) in [6.45, 7) is 6.24. The number of nitrogens with one attached hydrogen (secondary N) is 1. The van der Waals surface area contributed by atoms with Gasteiger partial charge in [0.25, 0.3) is 0 Å². The molecule has 0 aromatic carbocycles. The van der Waals surface area contributed by atoms with E-state index < -0.39 is 11.0 Å². The Bertz CT molecular complexity index is 367. The van der Waals surface area contributed by atoms with Crippen LogP contribution in [-0.2, 0) is 11.0 Å². The molecule has 2 nitrogen and oxygen atoms in total. The minimum absolute atomic E-state index is 0.141. The van der Waals surface area contributed by atoms with Crippen LogP contribution >= 0.6 is 0 Å². The van der Waals surface area contributed by atoms with Gasteiger partial charge in [-0.05, 0) is 70.1 Å². The molecule has 1 spiro atoms. The second-order valence-electron chi connectivity index (χ2n) is 8.04. The van der Waals surface area contributed by atoms with Crippen molar-refractivity contribution >= 4 is 11.0 Å². The molecule has 0 amide bonds. The molecule has 1 N–H and O–H groups in total. The summed E-state index contributed by atoms with van der Waals surface area (Å²) in [4.78, 5) is 0. The van der Waals surface area contributed by atoms with Gasteiger partial charge in [0.05, 0.1) is 15.7 Å². The summed E-state index contributed by atoms with van der Waals surface area (Å²) >= 11 is 0. The Hall–Kier alpha value is 0.110. The molecule has 3 rings (SSSR count). The van der Waals surface area contributed by atoms with Gasteiger partial charge in [-0.1, -0.05) is 19.3 Å². The first-order chi connectivity index (χ1) is 8.93. The first-order valence-corrected chi connectivity index (χ1v) is 9.26. The first kappa shape index (κ1) is 14.1. The Labute approximate surface area is 120 Å². The highest BCUT2D eigenvalue weighted by molar-refractivity contribution is 7.84. The number of hydrogen-bond acceptors (Lipinski definition) is 1. The van der Waals surface area contributed by atoms with Crippen molar-refractivity contribution < 1.29 is 4.21 Å². The summed E-state index contributed by atoms with van der Waals surface area (Å²) < 4.78 is 16.0. The normalized spacial score (nSPS) is 38.8. The van der Waals surface area contributed by atoms with Crippen LogP contribution in [0.2, 0.25) is 0 Å². The van der Waals surface area contributed by atoms with Crippen LogP contribution in [0, 0.1) is 17.3 Å². The van der Waals surface area contributed by atoms with Gasteiger partial charge in [-0.25, -0.2) is 8.93 Å². The molecule has 1 unspecified atom stereocenters. The van der Waals surface area contributed by atoms with Gasteiger partial charge in [-0.3, -0.25) is 0 Å². The van der Waals surface area contributed by atoms with Gasteiger partial charge in [0.1, 0.15) is 0 Å². The summed E-state index contributed by atoms with van der Waals surface area (Å²) in [5, 5.41) is 0. The molecule has 0 aliphatic heterocycles. The average Bonchev–Trinajstić information content (AvgIpc) is 2.92. The molecule has 3 aliphatic carbocycles. The van der Waals surface area contributed by atoms with E-state index >= 15 is 0 Å². The van der Waals surface area contributed by atoms with Crippen molar-refractivity contribution in [1.82, 2.24) is 4.72 Å². The van der Waals surface area contributed by atoms with E-state index in [4.69, 9.17) is 0 Å². The molecule has 0 heterocycles. The van der Waals surface area contributed by atoms with Crippen molar-refractivity contribution in [3.8, 4) is 0 Å². The molecule has 3 aliphatic rings. The van der Waals surface area contributed by atoms with Crippen molar-refractivity contribution in [3.05, 3.63) is 0 Å². The molecule has 3 heteroatoms. The van der Waals surface area contributed by atoms with Crippen molar-refractivity contribution in [3.63, 3.8) is 0 Å². The molecule has 110 valence electrons. The zero-order valence-electron chi connectivity index (χ0n) is 12.7. The van der Waals surface area contributed by atoms with Crippen molar-refractivity contribution in [2.45, 2.75) is 82.9 Å². The van der Waals surface area contributed by atoms with E-state index in [0.29, 0.717) is 11.5 Å². The molecule has 0 radical (unpaired) electrons. The van der Waals surface area contributed by atoms with Crippen molar-refractivity contribution in [2.24, 2.45) is 17.3 Å². The third kappa shape index (κ3) is 2.31. The molecule has 3 saturated carbocycles. The standard InChI is InChI=1S/C16H29NOS/c1-15(2,3)19(18)17-14-12-7-8-13(11-12)16(14)9-5-4-6-10-16/h12-14,17H,4-11H2,1-3H3/t12-,13+,14-,19?/m1/s1. The summed E-state index contributed by atoms with van der Waals surface area (Å²) in [5.74, 6) is 1.72. The van der Waals surface area contributed by atoms with Gasteiger partial charge in [-0.2, -0.15) is 0 Å². The second-order valence-corrected chi connectivity index (χ2v) is 10.0. The lowest BCUT2D eigenvalue weighted by molar-refractivity contribution is 0.0707. The summed E-state index contributed by atoms with van der Waals surface area (Å²) in [5.41, 5.74) is 0.502. The third-order valence-corrected chi connectivity index (χ3v) is 7.53. The lowest BCUT2D eigenvalue weighted by atomic mass is 9.62. The van der Waals surface area contributed by atoms with Crippen LogP contribution in [0.4, 0.5) is 0 Å². The molecule has 4 atom stereocenters. The smallest absolute Gasteiger partial charge is 0.0973 e. The highest BCUT2D eigenvalue weighted by Crippen LogP contribution is 2.61. The molecular weight excluding hydrogens is 254 g/mol. The van der Waals surface area contributed by atoms with Crippen LogP contribution in [0.15, 0.2) is 0 Å². The minimum atomic E-state index is -0.907. The topological polar surface area (TPSA) is 29.1 Å². The van der Waals surface area contributed by atoms with Gasteiger partial charge < -0.3 is 0 Å². The number of hydrogen-bond donors (Lipinski definition) is 1. The molecule has 0 saturated heterocycles. The van der Waals surface area contributed by atoms with Crippen molar-refractivity contribution in [2.75, 3.05) is 0 Å². The summed E-state index contributed by atoms with van der Waals surface area (Å²) in [7, 11) is -0.907. The maximum absolute atomic E-state index is 12.5. The van der Waals surface area contributed by atoms with Crippen LogP contribution in [0.5, 0.6) is 0 Å². The van der Waals surface area contributed by atoms with Crippen molar-refractivity contribution in [1.29, 1.82) is 0 Å². The zero-order chi connectivity index (χ0) is 13.7. The van der Waals surface area contributed by atoms with E-state index in [1.807, 2.05) is 0 Å². The monoisotopic (exact) mass is 283 g/mol. The lowest BCUT2D eigenvalue weighted by Crippen LogP contribution is -2.53. The predicted molar refractivity (Wildman–Crippen MR) is 81.2 cm³/mol. The zero-order valence-corrected chi connectivity index (χ0v) is 13.5. The third-order valence-electron chi connectivity index (χ3n) is 5.95.